The second-order valence-electron chi connectivity index (χ2n) is 5.92. The van der Waals surface area contributed by atoms with E-state index in [0.29, 0.717) is 6.54 Å². The van der Waals surface area contributed by atoms with Gasteiger partial charge in [0.15, 0.2) is 0 Å². The smallest absolute Gasteiger partial charge is 0.126 e. The molecule has 0 aromatic heterocycles. The largest absolute Gasteiger partial charge is 0.388 e. The molecule has 0 unspecified atom stereocenters. The quantitative estimate of drug-likeness (QED) is 0.738. The summed E-state index contributed by atoms with van der Waals surface area (Å²) in [6, 6.07) is 17.1. The summed E-state index contributed by atoms with van der Waals surface area (Å²) in [7, 11) is 1.78. The van der Waals surface area contributed by atoms with Gasteiger partial charge < -0.3 is 10.4 Å². The van der Waals surface area contributed by atoms with Crippen LogP contribution >= 0.6 is 0 Å². The third-order valence-corrected chi connectivity index (χ3v) is 4.23. The van der Waals surface area contributed by atoms with Crippen molar-refractivity contribution in [1.29, 1.82) is 0 Å². The molecule has 124 valence electrons. The van der Waals surface area contributed by atoms with Crippen LogP contribution in [0, 0.1) is 11.6 Å². The lowest BCUT2D eigenvalue weighted by atomic mass is 9.88. The lowest BCUT2D eigenvalue weighted by molar-refractivity contribution is 0.143. The Labute approximate surface area is 139 Å². The zero-order chi connectivity index (χ0) is 17.1. The first-order valence-electron chi connectivity index (χ1n) is 7.86. The predicted molar refractivity (Wildman–Crippen MR) is 91.9 cm³/mol. The molecule has 3 rings (SSSR count). The first-order valence-corrected chi connectivity index (χ1v) is 7.86. The van der Waals surface area contributed by atoms with Crippen molar-refractivity contribution in [3.63, 3.8) is 0 Å². The van der Waals surface area contributed by atoms with Gasteiger partial charge in [-0.15, -0.1) is 0 Å². The lowest BCUT2D eigenvalue weighted by Gasteiger charge is -2.24. The molecule has 24 heavy (non-hydrogen) atoms. The molecule has 0 saturated heterocycles. The van der Waals surface area contributed by atoms with Gasteiger partial charge in [-0.1, -0.05) is 42.5 Å². The van der Waals surface area contributed by atoms with Gasteiger partial charge in [-0.05, 0) is 41.1 Å². The van der Waals surface area contributed by atoms with Crippen LogP contribution in [0.2, 0.25) is 0 Å². The molecule has 0 fully saturated rings. The van der Waals surface area contributed by atoms with E-state index >= 15 is 0 Å². The first kappa shape index (κ1) is 16.6. The zero-order valence-electron chi connectivity index (χ0n) is 13.3. The van der Waals surface area contributed by atoms with Gasteiger partial charge in [-0.3, -0.25) is 0 Å². The molecule has 0 aliphatic heterocycles. The Kier molecular flexibility index (Phi) is 4.88. The Balaban J connectivity index is 2.00. The average Bonchev–Trinajstić information content (AvgIpc) is 2.58. The van der Waals surface area contributed by atoms with E-state index in [1.165, 1.54) is 12.1 Å². The van der Waals surface area contributed by atoms with E-state index in [4.69, 9.17) is 0 Å². The van der Waals surface area contributed by atoms with Crippen molar-refractivity contribution in [2.75, 3.05) is 13.6 Å². The van der Waals surface area contributed by atoms with Crippen molar-refractivity contribution in [2.45, 2.75) is 12.0 Å². The Morgan fingerprint density at radius 2 is 1.54 bits per heavy atom. The highest BCUT2D eigenvalue weighted by Gasteiger charge is 2.23. The fourth-order valence-electron chi connectivity index (χ4n) is 3.05. The Morgan fingerprint density at radius 3 is 2.21 bits per heavy atom. The number of aliphatic hydroxyl groups excluding tert-OH is 1. The number of fused-ring (bicyclic) bond motifs is 1. The van der Waals surface area contributed by atoms with Crippen LogP contribution in [0.25, 0.3) is 10.8 Å². The van der Waals surface area contributed by atoms with Crippen LogP contribution in [-0.4, -0.2) is 18.7 Å². The SMILES string of the molecule is CNC[C@H](c1ccc2ccccc2c1)[C@H](O)c1cc(F)cc(F)c1. The van der Waals surface area contributed by atoms with Crippen LogP contribution in [0.4, 0.5) is 8.78 Å². The molecule has 4 heteroatoms. The summed E-state index contributed by atoms with van der Waals surface area (Å²) >= 11 is 0. The molecule has 2 nitrogen and oxygen atoms in total. The molecule has 0 aliphatic carbocycles. The molecular weight excluding hydrogens is 308 g/mol. The van der Waals surface area contributed by atoms with Gasteiger partial charge in [0.05, 0.1) is 6.10 Å². The van der Waals surface area contributed by atoms with E-state index < -0.39 is 17.7 Å². The van der Waals surface area contributed by atoms with Gasteiger partial charge in [0.2, 0.25) is 0 Å². The van der Waals surface area contributed by atoms with Gasteiger partial charge in [0.1, 0.15) is 11.6 Å². The molecule has 0 radical (unpaired) electrons. The van der Waals surface area contributed by atoms with Crippen molar-refractivity contribution in [3.8, 4) is 0 Å². The van der Waals surface area contributed by atoms with Crippen molar-refractivity contribution in [1.82, 2.24) is 5.32 Å². The van der Waals surface area contributed by atoms with Crippen LogP contribution in [0.5, 0.6) is 0 Å². The Morgan fingerprint density at radius 1 is 0.875 bits per heavy atom. The van der Waals surface area contributed by atoms with Gasteiger partial charge >= 0.3 is 0 Å². The predicted octanol–water partition coefficient (Wildman–Crippen LogP) is 4.15. The summed E-state index contributed by atoms with van der Waals surface area (Å²) in [5.74, 6) is -1.70. The fourth-order valence-corrected chi connectivity index (χ4v) is 3.05. The highest BCUT2D eigenvalue weighted by molar-refractivity contribution is 5.83. The molecule has 0 heterocycles. The maximum atomic E-state index is 13.5. The third kappa shape index (κ3) is 3.45. The van der Waals surface area contributed by atoms with Crippen molar-refractivity contribution >= 4 is 10.8 Å². The normalized spacial score (nSPS) is 13.8. The first-order chi connectivity index (χ1) is 11.6. The third-order valence-electron chi connectivity index (χ3n) is 4.23. The van der Waals surface area contributed by atoms with Crippen LogP contribution in [0.15, 0.2) is 60.7 Å². The average molecular weight is 327 g/mol. The summed E-state index contributed by atoms with van der Waals surface area (Å²) < 4.78 is 27.0. The number of likely N-dealkylation sites (N-methyl/N-ethyl adjacent to an activating group) is 1. The monoisotopic (exact) mass is 327 g/mol. The molecule has 0 aliphatic rings. The zero-order valence-corrected chi connectivity index (χ0v) is 13.3. The number of benzene rings is 3. The highest BCUT2D eigenvalue weighted by Crippen LogP contribution is 2.32. The molecule has 0 bridgehead atoms. The minimum Gasteiger partial charge on any atom is -0.388 e. The summed E-state index contributed by atoms with van der Waals surface area (Å²) in [6.07, 6.45) is -1.01. The minimum absolute atomic E-state index is 0.237. The number of nitrogens with one attached hydrogen (secondary N) is 1. The van der Waals surface area contributed by atoms with Gasteiger partial charge in [0.25, 0.3) is 0 Å². The molecule has 2 N–H and O–H groups in total. The van der Waals surface area contributed by atoms with Crippen molar-refractivity contribution in [3.05, 3.63) is 83.4 Å². The maximum absolute atomic E-state index is 13.5. The topological polar surface area (TPSA) is 32.3 Å². The Bertz CT molecular complexity index is 830. The van der Waals surface area contributed by atoms with Crippen LogP contribution in [0.3, 0.4) is 0 Å². The van der Waals surface area contributed by atoms with E-state index in [9.17, 15) is 13.9 Å². The van der Waals surface area contributed by atoms with Crippen LogP contribution in [0.1, 0.15) is 23.1 Å². The minimum atomic E-state index is -1.01. The van der Waals surface area contributed by atoms with E-state index in [1.54, 1.807) is 7.05 Å². The molecule has 0 saturated carbocycles. The molecule has 0 amide bonds. The second-order valence-corrected chi connectivity index (χ2v) is 5.92. The lowest BCUT2D eigenvalue weighted by Crippen LogP contribution is -2.23. The summed E-state index contributed by atoms with van der Waals surface area (Å²) in [4.78, 5) is 0. The summed E-state index contributed by atoms with van der Waals surface area (Å²) in [5, 5.41) is 15.9. The Hall–Kier alpha value is -2.30. The van der Waals surface area contributed by atoms with Crippen LogP contribution in [-0.2, 0) is 0 Å². The standard InChI is InChI=1S/C20H19F2NO/c1-23-12-19(20(24)16-9-17(21)11-18(22)10-16)15-7-6-13-4-2-3-5-14(13)8-15/h2-11,19-20,23-24H,12H2,1H3/t19-,20-/m1/s1. The van der Waals surface area contributed by atoms with Crippen LogP contribution < -0.4 is 5.32 Å². The van der Waals surface area contributed by atoms with E-state index in [0.717, 1.165) is 22.4 Å². The number of halogens is 2. The van der Waals surface area contributed by atoms with Gasteiger partial charge in [0, 0.05) is 18.5 Å². The fraction of sp³-hybridized carbons (Fsp3) is 0.200. The van der Waals surface area contributed by atoms with E-state index in [-0.39, 0.29) is 11.5 Å². The van der Waals surface area contributed by atoms with Crippen molar-refractivity contribution < 1.29 is 13.9 Å². The molecule has 2 atom stereocenters. The van der Waals surface area contributed by atoms with E-state index in [1.807, 2.05) is 42.5 Å². The molecular formula is C20H19F2NO. The number of hydrogen-bond donors (Lipinski definition) is 2. The van der Waals surface area contributed by atoms with Crippen molar-refractivity contribution in [2.24, 2.45) is 0 Å². The summed E-state index contributed by atoms with van der Waals surface area (Å²) in [6.45, 7) is 0.484. The molecule has 0 spiro atoms. The molecule has 3 aromatic rings. The number of rotatable bonds is 5. The summed E-state index contributed by atoms with van der Waals surface area (Å²) in [5.41, 5.74) is 1.15. The second kappa shape index (κ2) is 7.07. The van der Waals surface area contributed by atoms with Gasteiger partial charge in [-0.25, -0.2) is 8.78 Å². The maximum Gasteiger partial charge on any atom is 0.126 e. The highest BCUT2D eigenvalue weighted by atomic mass is 19.1. The van der Waals surface area contributed by atoms with E-state index in [2.05, 4.69) is 5.32 Å². The molecule has 3 aromatic carbocycles. The number of hydrogen-bond acceptors (Lipinski definition) is 2. The van der Waals surface area contributed by atoms with Gasteiger partial charge in [-0.2, -0.15) is 0 Å². The number of aliphatic hydroxyl groups is 1.